The molecular weight excluding hydrogens is 231 g/mol. The zero-order chi connectivity index (χ0) is 13.2. The summed E-state index contributed by atoms with van der Waals surface area (Å²) in [6, 6.07) is 1.41. The number of hydrogen-bond donors (Lipinski definition) is 2. The van der Waals surface area contributed by atoms with E-state index in [1.165, 1.54) is 0 Å². The minimum atomic E-state index is -1.47. The predicted molar refractivity (Wildman–Crippen MR) is 58.8 cm³/mol. The van der Waals surface area contributed by atoms with Gasteiger partial charge in [0.15, 0.2) is 5.82 Å². The quantitative estimate of drug-likeness (QED) is 0.624. The van der Waals surface area contributed by atoms with E-state index in [0.717, 1.165) is 6.07 Å². The third-order valence-electron chi connectivity index (χ3n) is 1.96. The lowest BCUT2D eigenvalue weighted by atomic mass is 10.1. The van der Waals surface area contributed by atoms with E-state index in [0.29, 0.717) is 6.07 Å². The SMILES string of the molecule is CC(C)Nc1cc(C(=O)O)c([N+](=O)[O-])cc1F. The number of benzene rings is 1. The first-order chi connectivity index (χ1) is 7.82. The number of aromatic carboxylic acids is 1. The molecule has 0 aliphatic carbocycles. The summed E-state index contributed by atoms with van der Waals surface area (Å²) in [6.45, 7) is 3.47. The molecule has 0 atom stereocenters. The number of nitrogens with one attached hydrogen (secondary N) is 1. The standard InChI is InChI=1S/C10H11FN2O4/c1-5(2)12-8-3-6(10(14)15)9(13(16)17)4-7(8)11/h3-5,12H,1-2H3,(H,14,15). The van der Waals surface area contributed by atoms with E-state index in [1.54, 1.807) is 13.8 Å². The molecule has 0 aliphatic rings. The van der Waals surface area contributed by atoms with Crippen LogP contribution in [0.15, 0.2) is 12.1 Å². The maximum atomic E-state index is 13.5. The van der Waals surface area contributed by atoms with Crippen molar-refractivity contribution in [2.24, 2.45) is 0 Å². The van der Waals surface area contributed by atoms with Gasteiger partial charge in [-0.1, -0.05) is 0 Å². The van der Waals surface area contributed by atoms with Crippen LogP contribution in [-0.2, 0) is 0 Å². The monoisotopic (exact) mass is 242 g/mol. The van der Waals surface area contributed by atoms with E-state index in [1.807, 2.05) is 0 Å². The summed E-state index contributed by atoms with van der Waals surface area (Å²) >= 11 is 0. The molecule has 17 heavy (non-hydrogen) atoms. The Bertz CT molecular complexity index is 474. The number of carboxylic acids is 1. The molecular formula is C10H11FN2O4. The highest BCUT2D eigenvalue weighted by molar-refractivity contribution is 5.93. The van der Waals surface area contributed by atoms with Gasteiger partial charge in [0.1, 0.15) is 5.56 Å². The first-order valence-corrected chi connectivity index (χ1v) is 4.80. The van der Waals surface area contributed by atoms with Crippen molar-refractivity contribution in [3.63, 3.8) is 0 Å². The van der Waals surface area contributed by atoms with Crippen molar-refractivity contribution in [3.8, 4) is 0 Å². The molecule has 0 heterocycles. The molecule has 0 aromatic heterocycles. The van der Waals surface area contributed by atoms with Crippen LogP contribution in [0.2, 0.25) is 0 Å². The second-order valence-corrected chi connectivity index (χ2v) is 3.71. The van der Waals surface area contributed by atoms with Crippen LogP contribution in [-0.4, -0.2) is 22.0 Å². The number of carbonyl (C=O) groups is 1. The van der Waals surface area contributed by atoms with E-state index in [9.17, 15) is 19.3 Å². The van der Waals surface area contributed by atoms with Gasteiger partial charge in [-0.15, -0.1) is 0 Å². The van der Waals surface area contributed by atoms with Gasteiger partial charge >= 0.3 is 5.97 Å². The topological polar surface area (TPSA) is 92.5 Å². The lowest BCUT2D eigenvalue weighted by molar-refractivity contribution is -0.385. The number of carboxylic acid groups (broad SMARTS) is 1. The second kappa shape index (κ2) is 4.77. The van der Waals surface area contributed by atoms with Crippen LogP contribution in [0.25, 0.3) is 0 Å². The van der Waals surface area contributed by atoms with E-state index < -0.39 is 28.0 Å². The highest BCUT2D eigenvalue weighted by Gasteiger charge is 2.23. The molecule has 1 aromatic carbocycles. The van der Waals surface area contributed by atoms with Crippen molar-refractivity contribution in [3.05, 3.63) is 33.6 Å². The fourth-order valence-electron chi connectivity index (χ4n) is 1.31. The molecule has 0 amide bonds. The van der Waals surface area contributed by atoms with Crippen molar-refractivity contribution in [1.29, 1.82) is 0 Å². The molecule has 7 heteroatoms. The average molecular weight is 242 g/mol. The predicted octanol–water partition coefficient (Wildman–Crippen LogP) is 2.25. The molecule has 0 saturated heterocycles. The number of rotatable bonds is 4. The van der Waals surface area contributed by atoms with Crippen LogP contribution in [0.5, 0.6) is 0 Å². The fourth-order valence-corrected chi connectivity index (χ4v) is 1.31. The molecule has 6 nitrogen and oxygen atoms in total. The fraction of sp³-hybridized carbons (Fsp3) is 0.300. The Labute approximate surface area is 96.2 Å². The van der Waals surface area contributed by atoms with Crippen molar-refractivity contribution >= 4 is 17.3 Å². The van der Waals surface area contributed by atoms with E-state index in [-0.39, 0.29) is 11.7 Å². The number of nitrogens with zero attached hydrogens (tertiary/aromatic N) is 1. The van der Waals surface area contributed by atoms with Crippen LogP contribution in [0.4, 0.5) is 15.8 Å². The lowest BCUT2D eigenvalue weighted by Gasteiger charge is -2.11. The molecule has 0 bridgehead atoms. The summed E-state index contributed by atoms with van der Waals surface area (Å²) in [5.41, 5.74) is -1.37. The summed E-state index contributed by atoms with van der Waals surface area (Å²) in [4.78, 5) is 20.5. The molecule has 0 fully saturated rings. The van der Waals surface area contributed by atoms with Crippen LogP contribution in [0, 0.1) is 15.9 Å². The minimum absolute atomic E-state index is 0.0667. The highest BCUT2D eigenvalue weighted by Crippen LogP contribution is 2.26. The van der Waals surface area contributed by atoms with Gasteiger partial charge in [-0.05, 0) is 19.9 Å². The number of anilines is 1. The van der Waals surface area contributed by atoms with Gasteiger partial charge in [0.25, 0.3) is 5.69 Å². The Morgan fingerprint density at radius 2 is 2.12 bits per heavy atom. The van der Waals surface area contributed by atoms with Gasteiger partial charge < -0.3 is 10.4 Å². The van der Waals surface area contributed by atoms with E-state index in [4.69, 9.17) is 5.11 Å². The van der Waals surface area contributed by atoms with Gasteiger partial charge in [-0.3, -0.25) is 10.1 Å². The third kappa shape index (κ3) is 2.90. The van der Waals surface area contributed by atoms with Gasteiger partial charge in [0, 0.05) is 6.04 Å². The average Bonchev–Trinajstić information content (AvgIpc) is 2.19. The summed E-state index contributed by atoms with van der Waals surface area (Å²) in [5.74, 6) is -2.32. The Morgan fingerprint density at radius 1 is 1.53 bits per heavy atom. The van der Waals surface area contributed by atoms with E-state index in [2.05, 4.69) is 5.32 Å². The highest BCUT2D eigenvalue weighted by atomic mass is 19.1. The molecule has 1 aromatic rings. The molecule has 2 N–H and O–H groups in total. The molecule has 0 aliphatic heterocycles. The Hall–Kier alpha value is -2.18. The van der Waals surface area contributed by atoms with Crippen LogP contribution in [0.3, 0.4) is 0 Å². The largest absolute Gasteiger partial charge is 0.477 e. The number of nitro benzene ring substituents is 1. The second-order valence-electron chi connectivity index (χ2n) is 3.71. The van der Waals surface area contributed by atoms with Crippen LogP contribution in [0.1, 0.15) is 24.2 Å². The zero-order valence-corrected chi connectivity index (χ0v) is 9.23. The molecule has 1 rings (SSSR count). The van der Waals surface area contributed by atoms with E-state index >= 15 is 0 Å². The zero-order valence-electron chi connectivity index (χ0n) is 9.23. The summed E-state index contributed by atoms with van der Waals surface area (Å²) < 4.78 is 13.5. The Morgan fingerprint density at radius 3 is 2.53 bits per heavy atom. The van der Waals surface area contributed by atoms with Crippen LogP contribution < -0.4 is 5.32 Å². The number of hydrogen-bond acceptors (Lipinski definition) is 4. The van der Waals surface area contributed by atoms with Crippen molar-refractivity contribution in [2.75, 3.05) is 5.32 Å². The Balaban J connectivity index is 3.34. The molecule has 0 saturated carbocycles. The maximum absolute atomic E-state index is 13.5. The molecule has 92 valence electrons. The van der Waals surface area contributed by atoms with Gasteiger partial charge in [0.2, 0.25) is 0 Å². The van der Waals surface area contributed by atoms with Crippen LogP contribution >= 0.6 is 0 Å². The normalized spacial score (nSPS) is 10.4. The molecule has 0 spiro atoms. The summed E-state index contributed by atoms with van der Waals surface area (Å²) in [5, 5.41) is 22.0. The lowest BCUT2D eigenvalue weighted by Crippen LogP contribution is -2.13. The summed E-state index contributed by atoms with van der Waals surface area (Å²) in [7, 11) is 0. The van der Waals surface area contributed by atoms with Gasteiger partial charge in [-0.25, -0.2) is 9.18 Å². The smallest absolute Gasteiger partial charge is 0.342 e. The van der Waals surface area contributed by atoms with Crippen molar-refractivity contribution in [2.45, 2.75) is 19.9 Å². The molecule has 0 unspecified atom stereocenters. The molecule has 0 radical (unpaired) electrons. The maximum Gasteiger partial charge on any atom is 0.342 e. The Kier molecular flexibility index (Phi) is 3.62. The summed E-state index contributed by atoms with van der Waals surface area (Å²) in [6.07, 6.45) is 0. The number of halogens is 1. The van der Waals surface area contributed by atoms with Gasteiger partial charge in [-0.2, -0.15) is 0 Å². The number of nitro groups is 1. The third-order valence-corrected chi connectivity index (χ3v) is 1.96. The van der Waals surface area contributed by atoms with Crippen molar-refractivity contribution in [1.82, 2.24) is 0 Å². The van der Waals surface area contributed by atoms with Crippen molar-refractivity contribution < 1.29 is 19.2 Å². The first kappa shape index (κ1) is 12.9. The van der Waals surface area contributed by atoms with Gasteiger partial charge in [0.05, 0.1) is 16.7 Å². The first-order valence-electron chi connectivity index (χ1n) is 4.80. The minimum Gasteiger partial charge on any atom is -0.477 e.